The van der Waals surface area contributed by atoms with Crippen LogP contribution < -0.4 is 5.32 Å². The van der Waals surface area contributed by atoms with E-state index in [1.807, 2.05) is 30.6 Å². The Kier molecular flexibility index (Phi) is 5.73. The highest BCUT2D eigenvalue weighted by Crippen LogP contribution is 2.38. The van der Waals surface area contributed by atoms with E-state index in [9.17, 15) is 9.59 Å². The van der Waals surface area contributed by atoms with Crippen molar-refractivity contribution in [2.75, 3.05) is 19.0 Å². The van der Waals surface area contributed by atoms with Crippen LogP contribution in [-0.4, -0.2) is 46.0 Å². The number of aryl methyl sites for hydroxylation is 1. The number of ether oxygens (including phenoxy) is 1. The zero-order valence-electron chi connectivity index (χ0n) is 18.5. The first-order valence-corrected chi connectivity index (χ1v) is 12.1. The average Bonchev–Trinajstić information content (AvgIpc) is 3.49. The predicted molar refractivity (Wildman–Crippen MR) is 125 cm³/mol. The molecule has 3 aromatic rings. The Morgan fingerprint density at radius 2 is 2.12 bits per heavy atom. The summed E-state index contributed by atoms with van der Waals surface area (Å²) in [7, 11) is 3.80. The lowest BCUT2D eigenvalue weighted by Crippen LogP contribution is -2.28. The van der Waals surface area contributed by atoms with Gasteiger partial charge in [0.25, 0.3) is 11.8 Å². The van der Waals surface area contributed by atoms with Gasteiger partial charge in [0.2, 0.25) is 0 Å². The first-order chi connectivity index (χ1) is 15.5. The molecule has 7 nitrogen and oxygen atoms in total. The first kappa shape index (κ1) is 21.2. The number of anilines is 1. The number of nitrogens with zero attached hydrogens (tertiary/aromatic N) is 3. The van der Waals surface area contributed by atoms with Gasteiger partial charge < -0.3 is 19.5 Å². The fourth-order valence-electron chi connectivity index (χ4n) is 4.55. The highest BCUT2D eigenvalue weighted by Gasteiger charge is 2.28. The maximum atomic E-state index is 13.3. The van der Waals surface area contributed by atoms with Crippen molar-refractivity contribution in [2.24, 2.45) is 7.05 Å². The summed E-state index contributed by atoms with van der Waals surface area (Å²) in [6.45, 7) is 1.15. The Hall–Kier alpha value is -2.71. The molecule has 0 spiro atoms. The van der Waals surface area contributed by atoms with Crippen molar-refractivity contribution in [3.63, 3.8) is 0 Å². The molecular weight excluding hydrogens is 424 g/mol. The molecule has 32 heavy (non-hydrogen) atoms. The number of fused-ring (bicyclic) bond motifs is 1. The number of benzene rings is 1. The Labute approximate surface area is 191 Å². The summed E-state index contributed by atoms with van der Waals surface area (Å²) in [5.74, 6) is 1.21. The summed E-state index contributed by atoms with van der Waals surface area (Å²) in [6.07, 6.45) is 4.64. The fourth-order valence-corrected chi connectivity index (χ4v) is 5.30. The molecule has 2 aromatic heterocycles. The third-order valence-electron chi connectivity index (χ3n) is 6.52. The molecule has 1 aromatic carbocycles. The van der Waals surface area contributed by atoms with Crippen molar-refractivity contribution < 1.29 is 14.3 Å². The maximum Gasteiger partial charge on any atom is 0.254 e. The zero-order chi connectivity index (χ0) is 22.2. The molecule has 1 saturated carbocycles. The summed E-state index contributed by atoms with van der Waals surface area (Å²) in [4.78, 5) is 33.8. The summed E-state index contributed by atoms with van der Waals surface area (Å²) >= 11 is 1.63. The topological polar surface area (TPSA) is 76.5 Å². The molecule has 1 atom stereocenters. The van der Waals surface area contributed by atoms with Gasteiger partial charge in [0.05, 0.1) is 23.3 Å². The molecule has 1 aliphatic carbocycles. The smallest absolute Gasteiger partial charge is 0.254 e. The van der Waals surface area contributed by atoms with Gasteiger partial charge in [0, 0.05) is 37.1 Å². The van der Waals surface area contributed by atoms with Crippen LogP contribution in [0.15, 0.2) is 29.6 Å². The third kappa shape index (κ3) is 3.93. The molecule has 1 N–H and O–H groups in total. The Bertz CT molecular complexity index is 1140. The quantitative estimate of drug-likeness (QED) is 0.605. The Morgan fingerprint density at radius 1 is 1.28 bits per heavy atom. The normalized spacial score (nSPS) is 18.6. The van der Waals surface area contributed by atoms with E-state index in [0.29, 0.717) is 30.3 Å². The van der Waals surface area contributed by atoms with Crippen molar-refractivity contribution >= 4 is 39.9 Å². The number of carbonyl (C=O) groups is 2. The van der Waals surface area contributed by atoms with Crippen molar-refractivity contribution in [3.05, 3.63) is 45.9 Å². The van der Waals surface area contributed by atoms with Gasteiger partial charge in [-0.25, -0.2) is 4.98 Å². The van der Waals surface area contributed by atoms with E-state index in [-0.39, 0.29) is 11.8 Å². The van der Waals surface area contributed by atoms with E-state index in [2.05, 4.69) is 9.88 Å². The Morgan fingerprint density at radius 3 is 2.78 bits per heavy atom. The number of amides is 2. The largest absolute Gasteiger partial charge is 0.368 e. The van der Waals surface area contributed by atoms with Crippen LogP contribution in [0.2, 0.25) is 0 Å². The highest BCUT2D eigenvalue weighted by molar-refractivity contribution is 7.09. The maximum absolute atomic E-state index is 13.3. The lowest BCUT2D eigenvalue weighted by molar-refractivity contribution is -0.124. The Balaban J connectivity index is 1.51. The van der Waals surface area contributed by atoms with Gasteiger partial charge in [-0.05, 0) is 49.3 Å². The van der Waals surface area contributed by atoms with Crippen LogP contribution in [0, 0.1) is 0 Å². The van der Waals surface area contributed by atoms with E-state index < -0.39 is 6.10 Å². The molecule has 2 amide bonds. The zero-order valence-corrected chi connectivity index (χ0v) is 19.3. The summed E-state index contributed by atoms with van der Waals surface area (Å²) in [6, 6.07) is 7.65. The molecule has 1 aliphatic heterocycles. The molecule has 3 heterocycles. The molecule has 1 saturated heterocycles. The molecule has 5 rings (SSSR count). The number of hydrogen-bond acceptors (Lipinski definition) is 5. The monoisotopic (exact) mass is 452 g/mol. The minimum absolute atomic E-state index is 0.0937. The molecule has 0 radical (unpaired) electrons. The third-order valence-corrected chi connectivity index (χ3v) is 7.38. The molecule has 2 fully saturated rings. The van der Waals surface area contributed by atoms with Crippen molar-refractivity contribution in [1.29, 1.82) is 0 Å². The van der Waals surface area contributed by atoms with Gasteiger partial charge in [-0.15, -0.1) is 11.3 Å². The first-order valence-electron chi connectivity index (χ1n) is 11.2. The second-order valence-electron chi connectivity index (χ2n) is 8.78. The summed E-state index contributed by atoms with van der Waals surface area (Å²) in [5, 5.41) is 5.05. The van der Waals surface area contributed by atoms with E-state index in [0.717, 1.165) is 47.4 Å². The SMILES string of the molecule is CN(Cc1cccs1)C(=O)c1cc(NC(=O)[C@@H]2CCCO2)c2c(c1)nc(C1CCC1)n2C. The van der Waals surface area contributed by atoms with Crippen LogP contribution in [0.25, 0.3) is 11.0 Å². The molecular formula is C24H28N4O3S. The van der Waals surface area contributed by atoms with Crippen LogP contribution in [-0.2, 0) is 23.1 Å². The van der Waals surface area contributed by atoms with Crippen LogP contribution in [0.5, 0.6) is 0 Å². The van der Waals surface area contributed by atoms with E-state index in [1.165, 1.54) is 6.42 Å². The molecule has 0 bridgehead atoms. The summed E-state index contributed by atoms with van der Waals surface area (Å²) < 4.78 is 7.64. The van der Waals surface area contributed by atoms with Gasteiger partial charge >= 0.3 is 0 Å². The molecule has 8 heteroatoms. The van der Waals surface area contributed by atoms with E-state index in [1.54, 1.807) is 29.4 Å². The van der Waals surface area contributed by atoms with Crippen molar-refractivity contribution in [3.8, 4) is 0 Å². The van der Waals surface area contributed by atoms with Crippen LogP contribution in [0.1, 0.15) is 59.1 Å². The minimum atomic E-state index is -0.440. The minimum Gasteiger partial charge on any atom is -0.368 e. The number of hydrogen-bond donors (Lipinski definition) is 1. The van der Waals surface area contributed by atoms with Crippen LogP contribution in [0.4, 0.5) is 5.69 Å². The van der Waals surface area contributed by atoms with Gasteiger partial charge in [-0.1, -0.05) is 12.5 Å². The number of rotatable bonds is 6. The van der Waals surface area contributed by atoms with Gasteiger partial charge in [0.15, 0.2) is 0 Å². The number of aromatic nitrogens is 2. The standard InChI is InChI=1S/C24H28N4O3S/c1-27(14-17-8-5-11-32-17)24(30)16-12-18-21(28(2)22(25-18)15-6-3-7-15)19(13-16)26-23(29)20-9-4-10-31-20/h5,8,11-13,15,20H,3-4,6-7,9-10,14H2,1-2H3,(H,26,29)/t20-/m0/s1. The average molecular weight is 453 g/mol. The van der Waals surface area contributed by atoms with Gasteiger partial charge in [0.1, 0.15) is 11.9 Å². The number of thiophene rings is 1. The summed E-state index contributed by atoms with van der Waals surface area (Å²) in [5.41, 5.74) is 2.75. The second-order valence-corrected chi connectivity index (χ2v) is 9.81. The van der Waals surface area contributed by atoms with Crippen molar-refractivity contribution in [2.45, 2.75) is 50.7 Å². The molecule has 168 valence electrons. The highest BCUT2D eigenvalue weighted by atomic mass is 32.1. The second kappa shape index (κ2) is 8.67. The van der Waals surface area contributed by atoms with Crippen LogP contribution >= 0.6 is 11.3 Å². The number of nitrogens with one attached hydrogen (secondary N) is 1. The fraction of sp³-hybridized carbons (Fsp3) is 0.458. The number of imidazole rings is 1. The number of carbonyl (C=O) groups excluding carboxylic acids is 2. The van der Waals surface area contributed by atoms with Crippen LogP contribution in [0.3, 0.4) is 0 Å². The molecule has 2 aliphatic rings. The lowest BCUT2D eigenvalue weighted by atomic mass is 9.85. The van der Waals surface area contributed by atoms with E-state index in [4.69, 9.17) is 9.72 Å². The van der Waals surface area contributed by atoms with Gasteiger partial charge in [-0.2, -0.15) is 0 Å². The van der Waals surface area contributed by atoms with Gasteiger partial charge in [-0.3, -0.25) is 9.59 Å². The van der Waals surface area contributed by atoms with Crippen molar-refractivity contribution in [1.82, 2.24) is 14.5 Å². The molecule has 0 unspecified atom stereocenters. The lowest BCUT2D eigenvalue weighted by Gasteiger charge is -2.24. The predicted octanol–water partition coefficient (Wildman–Crippen LogP) is 4.29. The van der Waals surface area contributed by atoms with E-state index >= 15 is 0 Å².